The topological polar surface area (TPSA) is 53.5 Å². The Labute approximate surface area is 104 Å². The SMILES string of the molecule is COC(OC)c1ccnc(CCOCC(F)F)n1. The maximum Gasteiger partial charge on any atom is 0.261 e. The average Bonchev–Trinajstić information content (AvgIpc) is 2.36. The molecule has 0 unspecified atom stereocenters. The van der Waals surface area contributed by atoms with Gasteiger partial charge >= 0.3 is 0 Å². The molecule has 0 aliphatic rings. The quantitative estimate of drug-likeness (QED) is 0.526. The molecule has 1 aromatic heterocycles. The maximum absolute atomic E-state index is 11.8. The molecule has 5 nitrogen and oxygen atoms in total. The number of methoxy groups -OCH3 is 2. The number of hydrogen-bond donors (Lipinski definition) is 0. The van der Waals surface area contributed by atoms with Gasteiger partial charge in [-0.3, -0.25) is 0 Å². The van der Waals surface area contributed by atoms with Crippen molar-refractivity contribution in [3.8, 4) is 0 Å². The smallest absolute Gasteiger partial charge is 0.261 e. The molecule has 1 heterocycles. The molecule has 0 aromatic carbocycles. The van der Waals surface area contributed by atoms with E-state index in [4.69, 9.17) is 14.2 Å². The van der Waals surface area contributed by atoms with Gasteiger partial charge in [-0.1, -0.05) is 0 Å². The highest BCUT2D eigenvalue weighted by Crippen LogP contribution is 2.13. The van der Waals surface area contributed by atoms with Crippen molar-refractivity contribution >= 4 is 0 Å². The number of rotatable bonds is 8. The first-order valence-corrected chi connectivity index (χ1v) is 5.40. The Hall–Kier alpha value is -1.18. The highest BCUT2D eigenvalue weighted by Gasteiger charge is 2.11. The van der Waals surface area contributed by atoms with Gasteiger partial charge in [0.25, 0.3) is 6.43 Å². The zero-order valence-corrected chi connectivity index (χ0v) is 10.3. The molecule has 0 bridgehead atoms. The van der Waals surface area contributed by atoms with E-state index in [0.717, 1.165) is 0 Å². The van der Waals surface area contributed by atoms with Gasteiger partial charge in [0.2, 0.25) is 6.29 Å². The van der Waals surface area contributed by atoms with E-state index in [0.29, 0.717) is 17.9 Å². The Morgan fingerprint density at radius 3 is 2.61 bits per heavy atom. The Balaban J connectivity index is 2.49. The number of halogens is 2. The number of hydrogen-bond acceptors (Lipinski definition) is 5. The van der Waals surface area contributed by atoms with Gasteiger partial charge in [0.15, 0.2) is 0 Å². The zero-order chi connectivity index (χ0) is 13.4. The Kier molecular flexibility index (Phi) is 6.63. The molecule has 0 saturated heterocycles. The molecule has 0 radical (unpaired) electrons. The van der Waals surface area contributed by atoms with Crippen LogP contribution in [-0.4, -0.2) is 43.8 Å². The lowest BCUT2D eigenvalue weighted by atomic mass is 10.3. The fourth-order valence-corrected chi connectivity index (χ4v) is 1.34. The van der Waals surface area contributed by atoms with Crippen LogP contribution in [0.2, 0.25) is 0 Å². The molecule has 7 heteroatoms. The third-order valence-corrected chi connectivity index (χ3v) is 2.11. The molecule has 0 saturated carbocycles. The average molecular weight is 262 g/mol. The van der Waals surface area contributed by atoms with Crippen LogP contribution in [0.1, 0.15) is 17.8 Å². The van der Waals surface area contributed by atoms with Crippen LogP contribution in [0.25, 0.3) is 0 Å². The van der Waals surface area contributed by atoms with Gasteiger partial charge in [-0.2, -0.15) is 0 Å². The first kappa shape index (κ1) is 14.9. The molecule has 102 valence electrons. The van der Waals surface area contributed by atoms with E-state index in [1.165, 1.54) is 14.2 Å². The van der Waals surface area contributed by atoms with Gasteiger partial charge in [-0.15, -0.1) is 0 Å². The minimum Gasteiger partial charge on any atom is -0.375 e. The number of alkyl halides is 2. The second-order valence-corrected chi connectivity index (χ2v) is 3.42. The molecule has 0 atom stereocenters. The van der Waals surface area contributed by atoms with Crippen molar-refractivity contribution in [3.63, 3.8) is 0 Å². The van der Waals surface area contributed by atoms with E-state index < -0.39 is 19.3 Å². The van der Waals surface area contributed by atoms with Gasteiger partial charge in [-0.25, -0.2) is 18.7 Å². The second-order valence-electron chi connectivity index (χ2n) is 3.42. The van der Waals surface area contributed by atoms with Crippen LogP contribution in [0, 0.1) is 0 Å². The lowest BCUT2D eigenvalue weighted by Crippen LogP contribution is -2.11. The lowest BCUT2D eigenvalue weighted by Gasteiger charge is -2.13. The molecule has 0 fully saturated rings. The molecule has 1 rings (SSSR count). The summed E-state index contributed by atoms with van der Waals surface area (Å²) in [5, 5.41) is 0. The van der Waals surface area contributed by atoms with E-state index in [-0.39, 0.29) is 6.61 Å². The van der Waals surface area contributed by atoms with Crippen LogP contribution in [-0.2, 0) is 20.6 Å². The molecule has 0 aliphatic carbocycles. The number of aromatic nitrogens is 2. The Bertz CT molecular complexity index is 349. The highest BCUT2D eigenvalue weighted by molar-refractivity contribution is 5.04. The Morgan fingerprint density at radius 2 is 2.00 bits per heavy atom. The zero-order valence-electron chi connectivity index (χ0n) is 10.3. The summed E-state index contributed by atoms with van der Waals surface area (Å²) in [5.41, 5.74) is 0.582. The summed E-state index contributed by atoms with van der Waals surface area (Å²) in [4.78, 5) is 8.22. The van der Waals surface area contributed by atoms with Crippen molar-refractivity contribution < 1.29 is 23.0 Å². The second kappa shape index (κ2) is 8.02. The summed E-state index contributed by atoms with van der Waals surface area (Å²) < 4.78 is 38.5. The van der Waals surface area contributed by atoms with Crippen molar-refractivity contribution in [2.45, 2.75) is 19.1 Å². The molecule has 0 N–H and O–H groups in total. The molecular weight excluding hydrogens is 246 g/mol. The van der Waals surface area contributed by atoms with E-state index >= 15 is 0 Å². The monoisotopic (exact) mass is 262 g/mol. The largest absolute Gasteiger partial charge is 0.375 e. The van der Waals surface area contributed by atoms with Crippen LogP contribution in [0.5, 0.6) is 0 Å². The lowest BCUT2D eigenvalue weighted by molar-refractivity contribution is -0.108. The van der Waals surface area contributed by atoms with Crippen molar-refractivity contribution in [3.05, 3.63) is 23.8 Å². The first-order valence-electron chi connectivity index (χ1n) is 5.40. The number of ether oxygens (including phenoxy) is 3. The fourth-order valence-electron chi connectivity index (χ4n) is 1.34. The summed E-state index contributed by atoms with van der Waals surface area (Å²) in [6.45, 7) is -0.420. The van der Waals surface area contributed by atoms with Gasteiger partial charge in [0.1, 0.15) is 12.4 Å². The van der Waals surface area contributed by atoms with Crippen LogP contribution in [0.4, 0.5) is 8.78 Å². The first-order chi connectivity index (χ1) is 8.67. The van der Waals surface area contributed by atoms with Gasteiger partial charge < -0.3 is 14.2 Å². The van der Waals surface area contributed by atoms with E-state index in [9.17, 15) is 8.78 Å². The minimum atomic E-state index is -2.45. The summed E-state index contributed by atoms with van der Waals surface area (Å²) in [5.74, 6) is 0.501. The summed E-state index contributed by atoms with van der Waals surface area (Å²) in [6.07, 6.45) is -1.09. The predicted octanol–water partition coefficient (Wildman–Crippen LogP) is 1.59. The van der Waals surface area contributed by atoms with E-state index in [2.05, 4.69) is 9.97 Å². The van der Waals surface area contributed by atoms with Crippen LogP contribution in [0.3, 0.4) is 0 Å². The van der Waals surface area contributed by atoms with Crippen molar-refractivity contribution in [1.82, 2.24) is 9.97 Å². The van der Waals surface area contributed by atoms with Crippen molar-refractivity contribution in [2.75, 3.05) is 27.4 Å². The summed E-state index contributed by atoms with van der Waals surface area (Å²) in [7, 11) is 3.00. The van der Waals surface area contributed by atoms with Crippen LogP contribution in [0.15, 0.2) is 12.3 Å². The maximum atomic E-state index is 11.8. The standard InChI is InChI=1S/C11H16F2N2O3/c1-16-11(17-2)8-3-5-14-10(15-8)4-6-18-7-9(12)13/h3,5,9,11H,4,6-7H2,1-2H3. The fraction of sp³-hybridized carbons (Fsp3) is 0.636. The van der Waals surface area contributed by atoms with Crippen LogP contribution < -0.4 is 0 Å². The van der Waals surface area contributed by atoms with E-state index in [1.807, 2.05) is 0 Å². The van der Waals surface area contributed by atoms with Gasteiger partial charge in [0, 0.05) is 26.8 Å². The third-order valence-electron chi connectivity index (χ3n) is 2.11. The molecule has 0 aliphatic heterocycles. The van der Waals surface area contributed by atoms with Gasteiger partial charge in [0.05, 0.1) is 12.3 Å². The molecular formula is C11H16F2N2O3. The number of nitrogens with zero attached hydrogens (tertiary/aromatic N) is 2. The highest BCUT2D eigenvalue weighted by atomic mass is 19.3. The third kappa shape index (κ3) is 4.99. The molecule has 0 amide bonds. The normalized spacial score (nSPS) is 11.4. The Morgan fingerprint density at radius 1 is 1.28 bits per heavy atom. The van der Waals surface area contributed by atoms with E-state index in [1.54, 1.807) is 12.3 Å². The summed E-state index contributed by atoms with van der Waals surface area (Å²) in [6, 6.07) is 1.67. The summed E-state index contributed by atoms with van der Waals surface area (Å²) >= 11 is 0. The predicted molar refractivity (Wildman–Crippen MR) is 59.3 cm³/mol. The minimum absolute atomic E-state index is 0.151. The molecule has 1 aromatic rings. The van der Waals surface area contributed by atoms with Gasteiger partial charge in [-0.05, 0) is 6.07 Å². The molecule has 0 spiro atoms. The van der Waals surface area contributed by atoms with Crippen molar-refractivity contribution in [2.24, 2.45) is 0 Å². The van der Waals surface area contributed by atoms with Crippen molar-refractivity contribution in [1.29, 1.82) is 0 Å². The van der Waals surface area contributed by atoms with Crippen LogP contribution >= 0.6 is 0 Å². The molecule has 18 heavy (non-hydrogen) atoms.